The van der Waals surface area contributed by atoms with Crippen molar-refractivity contribution in [1.82, 2.24) is 0 Å². The highest BCUT2D eigenvalue weighted by molar-refractivity contribution is 4.90. The zero-order chi connectivity index (χ0) is 12.4. The van der Waals surface area contributed by atoms with Gasteiger partial charge < -0.3 is 29.2 Å². The predicted octanol–water partition coefficient (Wildman–Crippen LogP) is -0.520. The largest absolute Gasteiger partial charge is 0.394 e. The van der Waals surface area contributed by atoms with E-state index in [1.807, 2.05) is 0 Å². The van der Waals surface area contributed by atoms with Crippen LogP contribution in [0, 0.1) is 0 Å². The van der Waals surface area contributed by atoms with Crippen molar-refractivity contribution in [2.45, 2.75) is 37.6 Å². The maximum atomic E-state index is 9.15. The van der Waals surface area contributed by atoms with E-state index in [1.54, 1.807) is 13.8 Å². The molecule has 0 bridgehead atoms. The van der Waals surface area contributed by atoms with Gasteiger partial charge in [0.1, 0.15) is 12.2 Å². The Morgan fingerprint density at radius 3 is 1.44 bits per heavy atom. The molecule has 0 aliphatic carbocycles. The van der Waals surface area contributed by atoms with Gasteiger partial charge in [-0.15, -0.1) is 0 Å². The molecule has 6 nitrogen and oxygen atoms in total. The molecule has 0 radical (unpaired) electrons. The summed E-state index contributed by atoms with van der Waals surface area (Å²) in [5, 5.41) is 18.3. The van der Waals surface area contributed by atoms with Crippen LogP contribution < -0.4 is 0 Å². The van der Waals surface area contributed by atoms with Gasteiger partial charge in [0.15, 0.2) is 0 Å². The van der Waals surface area contributed by atoms with Gasteiger partial charge in [0.05, 0.1) is 13.2 Å². The molecule has 0 amide bonds. The summed E-state index contributed by atoms with van der Waals surface area (Å²) in [7, 11) is 2.93. The summed E-state index contributed by atoms with van der Waals surface area (Å²) in [6.07, 6.45) is -1.28. The number of aliphatic hydroxyl groups excluding tert-OH is 2. The lowest BCUT2D eigenvalue weighted by Gasteiger charge is -2.51. The van der Waals surface area contributed by atoms with Crippen LogP contribution in [0.25, 0.3) is 0 Å². The Bertz CT molecular complexity index is 211. The van der Waals surface area contributed by atoms with Gasteiger partial charge in [-0.05, 0) is 13.8 Å². The number of ether oxygens (including phenoxy) is 4. The lowest BCUT2D eigenvalue weighted by atomic mass is 10.0. The first-order chi connectivity index (χ1) is 7.46. The molecule has 16 heavy (non-hydrogen) atoms. The van der Waals surface area contributed by atoms with Crippen LogP contribution in [-0.4, -0.2) is 61.4 Å². The maximum absolute atomic E-state index is 9.15. The monoisotopic (exact) mass is 236 g/mol. The summed E-state index contributed by atoms with van der Waals surface area (Å²) in [5.74, 6) is -2.28. The Balaban J connectivity index is 2.94. The van der Waals surface area contributed by atoms with E-state index >= 15 is 0 Å². The molecule has 2 N–H and O–H groups in total. The molecule has 6 heteroatoms. The van der Waals surface area contributed by atoms with Gasteiger partial charge in [-0.1, -0.05) is 0 Å². The fourth-order valence-electron chi connectivity index (χ4n) is 1.72. The van der Waals surface area contributed by atoms with E-state index in [9.17, 15) is 0 Å². The molecule has 1 aliphatic rings. The second-order valence-corrected chi connectivity index (χ2v) is 3.98. The molecule has 4 atom stereocenters. The Hall–Kier alpha value is -0.240. The van der Waals surface area contributed by atoms with Crippen LogP contribution >= 0.6 is 0 Å². The molecule has 0 aromatic rings. The fraction of sp³-hybridized carbons (Fsp3) is 1.00. The molecule has 1 saturated heterocycles. The van der Waals surface area contributed by atoms with Crippen LogP contribution in [0.4, 0.5) is 0 Å². The van der Waals surface area contributed by atoms with E-state index in [1.165, 1.54) is 14.2 Å². The van der Waals surface area contributed by atoms with Gasteiger partial charge in [-0.2, -0.15) is 0 Å². The van der Waals surface area contributed by atoms with Crippen molar-refractivity contribution >= 4 is 0 Å². The smallest absolute Gasteiger partial charge is 0.220 e. The molecule has 96 valence electrons. The van der Waals surface area contributed by atoms with Crippen molar-refractivity contribution < 1.29 is 29.2 Å². The number of rotatable bonds is 4. The van der Waals surface area contributed by atoms with Crippen molar-refractivity contribution in [2.24, 2.45) is 0 Å². The summed E-state index contributed by atoms with van der Waals surface area (Å²) >= 11 is 0. The Labute approximate surface area is 95.1 Å². The zero-order valence-corrected chi connectivity index (χ0v) is 10.1. The highest BCUT2D eigenvalue weighted by Crippen LogP contribution is 2.38. The topological polar surface area (TPSA) is 77.4 Å². The normalized spacial score (nSPS) is 44.6. The van der Waals surface area contributed by atoms with Gasteiger partial charge in [-0.3, -0.25) is 0 Å². The van der Waals surface area contributed by atoms with Crippen LogP contribution in [0.15, 0.2) is 0 Å². The summed E-state index contributed by atoms with van der Waals surface area (Å²) in [4.78, 5) is 0. The zero-order valence-electron chi connectivity index (χ0n) is 10.1. The second kappa shape index (κ2) is 4.95. The average molecular weight is 236 g/mol. The van der Waals surface area contributed by atoms with E-state index in [4.69, 9.17) is 29.2 Å². The molecular formula is C10H20O6. The van der Waals surface area contributed by atoms with Crippen molar-refractivity contribution in [2.75, 3.05) is 27.4 Å². The second-order valence-electron chi connectivity index (χ2n) is 3.98. The van der Waals surface area contributed by atoms with Gasteiger partial charge in [0.2, 0.25) is 11.6 Å². The highest BCUT2D eigenvalue weighted by Gasteiger charge is 2.56. The van der Waals surface area contributed by atoms with E-state index in [-0.39, 0.29) is 13.2 Å². The summed E-state index contributed by atoms with van der Waals surface area (Å²) < 4.78 is 21.7. The number of hydrogen-bond donors (Lipinski definition) is 2. The van der Waals surface area contributed by atoms with E-state index in [2.05, 4.69) is 0 Å². The third-order valence-electron chi connectivity index (χ3n) is 3.13. The van der Waals surface area contributed by atoms with Crippen molar-refractivity contribution in [3.05, 3.63) is 0 Å². The third kappa shape index (κ3) is 2.09. The molecule has 0 saturated carbocycles. The number of aliphatic hydroxyl groups is 2. The molecular weight excluding hydrogens is 216 g/mol. The number of hydrogen-bond acceptors (Lipinski definition) is 6. The first-order valence-corrected chi connectivity index (χ1v) is 5.14. The summed E-state index contributed by atoms with van der Waals surface area (Å²) in [6.45, 7) is 2.80. The Morgan fingerprint density at radius 2 is 1.25 bits per heavy atom. The standard InChI is InChI=1S/C10H20O6/c1-9(13-3)10(2,14-4)16-8(6-12)7(5-11)15-9/h7-8,11-12H,5-6H2,1-4H3. The van der Waals surface area contributed by atoms with Gasteiger partial charge >= 0.3 is 0 Å². The van der Waals surface area contributed by atoms with Crippen LogP contribution in [0.5, 0.6) is 0 Å². The fourth-order valence-corrected chi connectivity index (χ4v) is 1.72. The lowest BCUT2D eigenvalue weighted by Crippen LogP contribution is -2.66. The van der Waals surface area contributed by atoms with E-state index in [0.717, 1.165) is 0 Å². The number of methoxy groups -OCH3 is 2. The van der Waals surface area contributed by atoms with Crippen LogP contribution in [-0.2, 0) is 18.9 Å². The highest BCUT2D eigenvalue weighted by atomic mass is 16.8. The Kier molecular flexibility index (Phi) is 4.28. The van der Waals surface area contributed by atoms with E-state index < -0.39 is 23.8 Å². The molecule has 0 spiro atoms. The molecule has 1 aliphatic heterocycles. The molecule has 0 aromatic carbocycles. The summed E-state index contributed by atoms with van der Waals surface area (Å²) in [6, 6.07) is 0. The van der Waals surface area contributed by atoms with Crippen LogP contribution in [0.3, 0.4) is 0 Å². The SMILES string of the molecule is COC1(C)OC(CO)C(CO)OC1(C)OC. The average Bonchev–Trinajstić information content (AvgIpc) is 2.31. The molecule has 1 rings (SSSR count). The molecule has 1 fully saturated rings. The minimum atomic E-state index is -1.14. The van der Waals surface area contributed by atoms with Crippen molar-refractivity contribution in [1.29, 1.82) is 0 Å². The summed E-state index contributed by atoms with van der Waals surface area (Å²) in [5.41, 5.74) is 0. The van der Waals surface area contributed by atoms with Crippen LogP contribution in [0.1, 0.15) is 13.8 Å². The van der Waals surface area contributed by atoms with Crippen molar-refractivity contribution in [3.8, 4) is 0 Å². The predicted molar refractivity (Wildman–Crippen MR) is 54.7 cm³/mol. The van der Waals surface area contributed by atoms with E-state index in [0.29, 0.717) is 0 Å². The minimum Gasteiger partial charge on any atom is -0.394 e. The molecule has 4 unspecified atom stereocenters. The quantitative estimate of drug-likeness (QED) is 0.684. The lowest BCUT2D eigenvalue weighted by molar-refractivity contribution is -0.451. The Morgan fingerprint density at radius 1 is 0.938 bits per heavy atom. The first-order valence-electron chi connectivity index (χ1n) is 5.14. The third-order valence-corrected chi connectivity index (χ3v) is 3.13. The van der Waals surface area contributed by atoms with Gasteiger partial charge in [0.25, 0.3) is 0 Å². The minimum absolute atomic E-state index is 0.260. The molecule has 1 heterocycles. The first kappa shape index (κ1) is 13.8. The van der Waals surface area contributed by atoms with Crippen molar-refractivity contribution in [3.63, 3.8) is 0 Å². The van der Waals surface area contributed by atoms with Gasteiger partial charge in [0, 0.05) is 14.2 Å². The molecule has 0 aromatic heterocycles. The van der Waals surface area contributed by atoms with Gasteiger partial charge in [-0.25, -0.2) is 0 Å². The maximum Gasteiger partial charge on any atom is 0.220 e. The van der Waals surface area contributed by atoms with Crippen LogP contribution in [0.2, 0.25) is 0 Å².